The monoisotopic (exact) mass is 257 g/mol. The molecule has 1 heterocycles. The van der Waals surface area contributed by atoms with Gasteiger partial charge in [0.25, 0.3) is 6.43 Å². The molecule has 0 bridgehead atoms. The van der Waals surface area contributed by atoms with Crippen LogP contribution < -0.4 is 5.32 Å². The first-order valence-electron chi connectivity index (χ1n) is 6.23. The molecule has 0 atom stereocenters. The standard InChI is InChI=1S/C13H21F2N3/c1-3-6-16-8-11-5-4-7-17-12(11)9-18(2)10-13(14)15/h4-5,7,13,16H,3,6,8-10H2,1-2H3. The molecule has 3 nitrogen and oxygen atoms in total. The minimum absolute atomic E-state index is 0.224. The molecule has 0 aliphatic carbocycles. The van der Waals surface area contributed by atoms with Gasteiger partial charge in [0.2, 0.25) is 0 Å². The number of hydrogen-bond acceptors (Lipinski definition) is 3. The molecular formula is C13H21F2N3. The van der Waals surface area contributed by atoms with Crippen LogP contribution in [0, 0.1) is 0 Å². The van der Waals surface area contributed by atoms with E-state index in [-0.39, 0.29) is 6.54 Å². The van der Waals surface area contributed by atoms with Crippen LogP contribution in [0.2, 0.25) is 0 Å². The third-order valence-corrected chi connectivity index (χ3v) is 2.60. The lowest BCUT2D eigenvalue weighted by molar-refractivity contribution is 0.0969. The van der Waals surface area contributed by atoms with Gasteiger partial charge in [-0.3, -0.25) is 9.88 Å². The van der Waals surface area contributed by atoms with Gasteiger partial charge in [0.05, 0.1) is 12.2 Å². The minimum Gasteiger partial charge on any atom is -0.313 e. The fraction of sp³-hybridized carbons (Fsp3) is 0.615. The van der Waals surface area contributed by atoms with E-state index in [1.165, 1.54) is 0 Å². The molecule has 5 heteroatoms. The molecule has 0 spiro atoms. The summed E-state index contributed by atoms with van der Waals surface area (Å²) < 4.78 is 24.5. The van der Waals surface area contributed by atoms with Crippen LogP contribution in [0.4, 0.5) is 8.78 Å². The molecule has 102 valence electrons. The Morgan fingerprint density at radius 2 is 2.22 bits per heavy atom. The topological polar surface area (TPSA) is 28.2 Å². The lowest BCUT2D eigenvalue weighted by Crippen LogP contribution is -2.26. The number of hydrogen-bond donors (Lipinski definition) is 1. The third-order valence-electron chi connectivity index (χ3n) is 2.60. The Kier molecular flexibility index (Phi) is 6.75. The summed E-state index contributed by atoms with van der Waals surface area (Å²) in [6, 6.07) is 3.86. The van der Waals surface area contributed by atoms with E-state index in [0.717, 1.165) is 30.8 Å². The largest absolute Gasteiger partial charge is 0.313 e. The first-order valence-corrected chi connectivity index (χ1v) is 6.23. The van der Waals surface area contributed by atoms with Crippen LogP contribution in [-0.2, 0) is 13.1 Å². The van der Waals surface area contributed by atoms with Crippen LogP contribution in [0.1, 0.15) is 24.6 Å². The van der Waals surface area contributed by atoms with Crippen molar-refractivity contribution in [1.29, 1.82) is 0 Å². The van der Waals surface area contributed by atoms with E-state index in [9.17, 15) is 8.78 Å². The van der Waals surface area contributed by atoms with Gasteiger partial charge in [-0.1, -0.05) is 13.0 Å². The van der Waals surface area contributed by atoms with E-state index in [4.69, 9.17) is 0 Å². The molecule has 0 aromatic carbocycles. The van der Waals surface area contributed by atoms with Gasteiger partial charge in [-0.05, 0) is 31.6 Å². The Morgan fingerprint density at radius 3 is 2.89 bits per heavy atom. The van der Waals surface area contributed by atoms with Crippen molar-refractivity contribution >= 4 is 0 Å². The van der Waals surface area contributed by atoms with Crippen LogP contribution >= 0.6 is 0 Å². The number of pyridine rings is 1. The zero-order valence-corrected chi connectivity index (χ0v) is 11.0. The fourth-order valence-corrected chi connectivity index (χ4v) is 1.73. The molecule has 1 rings (SSSR count). The minimum atomic E-state index is -2.31. The quantitative estimate of drug-likeness (QED) is 0.724. The Morgan fingerprint density at radius 1 is 1.44 bits per heavy atom. The third kappa shape index (κ3) is 5.51. The van der Waals surface area contributed by atoms with Crippen molar-refractivity contribution in [2.24, 2.45) is 0 Å². The number of nitrogens with one attached hydrogen (secondary N) is 1. The van der Waals surface area contributed by atoms with Crippen LogP contribution in [0.3, 0.4) is 0 Å². The normalized spacial score (nSPS) is 11.4. The highest BCUT2D eigenvalue weighted by Crippen LogP contribution is 2.09. The predicted octanol–water partition coefficient (Wildman–Crippen LogP) is 2.28. The van der Waals surface area contributed by atoms with Crippen LogP contribution in [-0.4, -0.2) is 36.4 Å². The molecule has 18 heavy (non-hydrogen) atoms. The van der Waals surface area contributed by atoms with Crippen LogP contribution in [0.5, 0.6) is 0 Å². The molecule has 0 saturated carbocycles. The highest BCUT2D eigenvalue weighted by atomic mass is 19.3. The smallest absolute Gasteiger partial charge is 0.251 e. The van der Waals surface area contributed by atoms with Gasteiger partial charge < -0.3 is 5.32 Å². The Labute approximate surface area is 107 Å². The fourth-order valence-electron chi connectivity index (χ4n) is 1.73. The van der Waals surface area contributed by atoms with Gasteiger partial charge in [-0.2, -0.15) is 0 Å². The summed E-state index contributed by atoms with van der Waals surface area (Å²) in [6.45, 7) is 4.01. The summed E-state index contributed by atoms with van der Waals surface area (Å²) in [7, 11) is 1.68. The highest BCUT2D eigenvalue weighted by molar-refractivity contribution is 5.19. The molecule has 0 aliphatic rings. The second-order valence-corrected chi connectivity index (χ2v) is 4.37. The number of nitrogens with zero attached hydrogens (tertiary/aromatic N) is 2. The van der Waals surface area contributed by atoms with Crippen molar-refractivity contribution in [3.8, 4) is 0 Å². The molecule has 0 saturated heterocycles. The maximum absolute atomic E-state index is 12.3. The first-order chi connectivity index (χ1) is 8.63. The summed E-state index contributed by atoms with van der Waals surface area (Å²) in [4.78, 5) is 5.87. The highest BCUT2D eigenvalue weighted by Gasteiger charge is 2.10. The van der Waals surface area contributed by atoms with Gasteiger partial charge >= 0.3 is 0 Å². The van der Waals surface area contributed by atoms with Gasteiger partial charge in [0.15, 0.2) is 0 Å². The molecule has 0 unspecified atom stereocenters. The predicted molar refractivity (Wildman–Crippen MR) is 68.6 cm³/mol. The van der Waals surface area contributed by atoms with Gasteiger partial charge in [-0.15, -0.1) is 0 Å². The maximum atomic E-state index is 12.3. The number of rotatable bonds is 8. The van der Waals surface area contributed by atoms with Crippen molar-refractivity contribution in [3.05, 3.63) is 29.6 Å². The molecule has 0 aliphatic heterocycles. The second kappa shape index (κ2) is 8.11. The van der Waals surface area contributed by atoms with Gasteiger partial charge in [0.1, 0.15) is 0 Å². The van der Waals surface area contributed by atoms with Crippen molar-refractivity contribution in [1.82, 2.24) is 15.2 Å². The van der Waals surface area contributed by atoms with Crippen LogP contribution in [0.15, 0.2) is 18.3 Å². The van der Waals surface area contributed by atoms with E-state index in [1.807, 2.05) is 12.1 Å². The van der Waals surface area contributed by atoms with Crippen LogP contribution in [0.25, 0.3) is 0 Å². The summed E-state index contributed by atoms with van der Waals surface area (Å²) in [5, 5.41) is 3.30. The lowest BCUT2D eigenvalue weighted by Gasteiger charge is -2.17. The summed E-state index contributed by atoms with van der Waals surface area (Å²) in [5.74, 6) is 0. The van der Waals surface area contributed by atoms with Crippen molar-refractivity contribution in [2.75, 3.05) is 20.1 Å². The molecule has 0 fully saturated rings. The van der Waals surface area contributed by atoms with Gasteiger partial charge in [0, 0.05) is 19.3 Å². The van der Waals surface area contributed by atoms with E-state index < -0.39 is 6.43 Å². The molecule has 1 aromatic heterocycles. The maximum Gasteiger partial charge on any atom is 0.251 e. The van der Waals surface area contributed by atoms with Gasteiger partial charge in [-0.25, -0.2) is 8.78 Å². The lowest BCUT2D eigenvalue weighted by atomic mass is 10.2. The summed E-state index contributed by atoms with van der Waals surface area (Å²) in [6.07, 6.45) is 0.468. The summed E-state index contributed by atoms with van der Waals surface area (Å²) in [5.41, 5.74) is 1.94. The summed E-state index contributed by atoms with van der Waals surface area (Å²) >= 11 is 0. The molecule has 1 aromatic rings. The van der Waals surface area contributed by atoms with E-state index in [1.54, 1.807) is 18.1 Å². The first kappa shape index (κ1) is 15.0. The van der Waals surface area contributed by atoms with E-state index in [0.29, 0.717) is 6.54 Å². The molecule has 0 radical (unpaired) electrons. The second-order valence-electron chi connectivity index (χ2n) is 4.37. The van der Waals surface area contributed by atoms with E-state index >= 15 is 0 Å². The Hall–Kier alpha value is -1.07. The average molecular weight is 257 g/mol. The number of aromatic nitrogens is 1. The molecule has 1 N–H and O–H groups in total. The zero-order chi connectivity index (χ0) is 13.4. The number of halogens is 2. The van der Waals surface area contributed by atoms with Crippen molar-refractivity contribution < 1.29 is 8.78 Å². The zero-order valence-electron chi connectivity index (χ0n) is 11.0. The SMILES string of the molecule is CCCNCc1cccnc1CN(C)CC(F)F. The molecular weight excluding hydrogens is 236 g/mol. The number of alkyl halides is 2. The average Bonchev–Trinajstić information content (AvgIpc) is 2.30. The van der Waals surface area contributed by atoms with E-state index in [2.05, 4.69) is 17.2 Å². The Balaban J connectivity index is 2.58. The van der Waals surface area contributed by atoms with Crippen molar-refractivity contribution in [2.45, 2.75) is 32.9 Å². The van der Waals surface area contributed by atoms with Crippen molar-refractivity contribution in [3.63, 3.8) is 0 Å². The molecule has 0 amide bonds. The Bertz CT molecular complexity index is 345.